The molecule has 1 saturated heterocycles. The van der Waals surface area contributed by atoms with Gasteiger partial charge in [-0.05, 0) is 32.9 Å². The SMILES string of the molecule is CC(C)CCN1C(C)CN(C)CC1CO. The Balaban J connectivity index is 2.50. The predicted octanol–water partition coefficient (Wildman–Crippen LogP) is 1.03. The Labute approximate surface area is 94.1 Å². The molecule has 0 aliphatic carbocycles. The van der Waals surface area contributed by atoms with Crippen LogP contribution >= 0.6 is 0 Å². The van der Waals surface area contributed by atoms with Crippen molar-refractivity contribution in [3.8, 4) is 0 Å². The number of aliphatic hydroxyl groups is 1. The molecule has 0 aromatic carbocycles. The van der Waals surface area contributed by atoms with E-state index in [4.69, 9.17) is 0 Å². The van der Waals surface area contributed by atoms with E-state index in [9.17, 15) is 5.11 Å². The van der Waals surface area contributed by atoms with E-state index in [1.807, 2.05) is 0 Å². The second-order valence-electron chi connectivity index (χ2n) is 5.33. The number of hydrogen-bond acceptors (Lipinski definition) is 3. The van der Waals surface area contributed by atoms with Crippen LogP contribution in [-0.4, -0.2) is 60.3 Å². The molecule has 3 heteroatoms. The van der Waals surface area contributed by atoms with Crippen LogP contribution in [0, 0.1) is 5.92 Å². The van der Waals surface area contributed by atoms with Gasteiger partial charge in [-0.2, -0.15) is 0 Å². The first-order valence-electron chi connectivity index (χ1n) is 6.09. The molecule has 2 atom stereocenters. The van der Waals surface area contributed by atoms with Crippen molar-refractivity contribution in [1.29, 1.82) is 0 Å². The molecule has 1 aliphatic rings. The zero-order valence-electron chi connectivity index (χ0n) is 10.6. The molecule has 90 valence electrons. The summed E-state index contributed by atoms with van der Waals surface area (Å²) in [6, 6.07) is 0.900. The molecule has 0 radical (unpaired) electrons. The Hall–Kier alpha value is -0.120. The molecule has 1 aliphatic heterocycles. The van der Waals surface area contributed by atoms with Crippen LogP contribution in [0.1, 0.15) is 27.2 Å². The van der Waals surface area contributed by atoms with E-state index in [1.54, 1.807) is 0 Å². The predicted molar refractivity (Wildman–Crippen MR) is 64.0 cm³/mol. The minimum Gasteiger partial charge on any atom is -0.395 e. The van der Waals surface area contributed by atoms with Crippen LogP contribution in [0.25, 0.3) is 0 Å². The third-order valence-electron chi connectivity index (χ3n) is 3.31. The molecule has 0 amide bonds. The fourth-order valence-electron chi connectivity index (χ4n) is 2.43. The summed E-state index contributed by atoms with van der Waals surface area (Å²) in [7, 11) is 2.14. The number of nitrogens with zero attached hydrogens (tertiary/aromatic N) is 2. The van der Waals surface area contributed by atoms with Crippen LogP contribution < -0.4 is 0 Å². The van der Waals surface area contributed by atoms with Crippen LogP contribution in [-0.2, 0) is 0 Å². The Bertz CT molecular complexity index is 184. The van der Waals surface area contributed by atoms with Gasteiger partial charge in [-0.15, -0.1) is 0 Å². The van der Waals surface area contributed by atoms with Crippen molar-refractivity contribution in [3.05, 3.63) is 0 Å². The van der Waals surface area contributed by atoms with Gasteiger partial charge in [0.15, 0.2) is 0 Å². The maximum Gasteiger partial charge on any atom is 0.0599 e. The van der Waals surface area contributed by atoms with Crippen LogP contribution in [0.3, 0.4) is 0 Å². The summed E-state index contributed by atoms with van der Waals surface area (Å²) in [5, 5.41) is 9.39. The molecule has 1 N–H and O–H groups in total. The Kier molecular flexibility index (Phi) is 5.03. The van der Waals surface area contributed by atoms with E-state index in [2.05, 4.69) is 37.6 Å². The van der Waals surface area contributed by atoms with Crippen LogP contribution in [0.5, 0.6) is 0 Å². The van der Waals surface area contributed by atoms with E-state index in [-0.39, 0.29) is 6.61 Å². The van der Waals surface area contributed by atoms with E-state index in [1.165, 1.54) is 6.42 Å². The van der Waals surface area contributed by atoms with Crippen molar-refractivity contribution in [2.75, 3.05) is 33.3 Å². The number of hydrogen-bond donors (Lipinski definition) is 1. The average molecular weight is 214 g/mol. The molecule has 1 rings (SSSR count). The second-order valence-corrected chi connectivity index (χ2v) is 5.33. The third-order valence-corrected chi connectivity index (χ3v) is 3.31. The second kappa shape index (κ2) is 5.83. The lowest BCUT2D eigenvalue weighted by Gasteiger charge is -2.44. The quantitative estimate of drug-likeness (QED) is 0.757. The summed E-state index contributed by atoms with van der Waals surface area (Å²) in [5.41, 5.74) is 0. The molecule has 15 heavy (non-hydrogen) atoms. The number of piperazine rings is 1. The lowest BCUT2D eigenvalue weighted by atomic mass is 10.0. The van der Waals surface area contributed by atoms with Gasteiger partial charge in [-0.1, -0.05) is 13.8 Å². The molecule has 0 aromatic rings. The summed E-state index contributed by atoms with van der Waals surface area (Å²) < 4.78 is 0. The number of aliphatic hydroxyl groups excluding tert-OH is 1. The Morgan fingerprint density at radius 1 is 1.33 bits per heavy atom. The van der Waals surface area contributed by atoms with E-state index in [0.29, 0.717) is 12.1 Å². The summed E-state index contributed by atoms with van der Waals surface area (Å²) in [5.74, 6) is 0.746. The van der Waals surface area contributed by atoms with Gasteiger partial charge in [0.2, 0.25) is 0 Å². The molecule has 2 unspecified atom stereocenters. The minimum absolute atomic E-state index is 0.284. The zero-order valence-corrected chi connectivity index (χ0v) is 10.6. The molecule has 3 nitrogen and oxygen atoms in total. The fraction of sp³-hybridized carbons (Fsp3) is 1.00. The standard InChI is InChI=1S/C12H26N2O/c1-10(2)5-6-14-11(3)7-13(4)8-12(14)9-15/h10-12,15H,5-9H2,1-4H3. The van der Waals surface area contributed by atoms with Gasteiger partial charge >= 0.3 is 0 Å². The number of rotatable bonds is 4. The Morgan fingerprint density at radius 2 is 2.00 bits per heavy atom. The highest BCUT2D eigenvalue weighted by molar-refractivity contribution is 4.85. The highest BCUT2D eigenvalue weighted by atomic mass is 16.3. The summed E-state index contributed by atoms with van der Waals surface area (Å²) in [6.07, 6.45) is 1.23. The van der Waals surface area contributed by atoms with Crippen molar-refractivity contribution in [2.45, 2.75) is 39.3 Å². The first-order chi connectivity index (χ1) is 7.04. The maximum absolute atomic E-state index is 9.39. The zero-order chi connectivity index (χ0) is 11.4. The monoisotopic (exact) mass is 214 g/mol. The minimum atomic E-state index is 0.284. The first kappa shape index (κ1) is 12.9. The molecular weight excluding hydrogens is 188 g/mol. The first-order valence-corrected chi connectivity index (χ1v) is 6.09. The molecule has 0 aromatic heterocycles. The van der Waals surface area contributed by atoms with Crippen LogP contribution in [0.15, 0.2) is 0 Å². The molecule has 1 fully saturated rings. The van der Waals surface area contributed by atoms with Gasteiger partial charge in [0.1, 0.15) is 0 Å². The van der Waals surface area contributed by atoms with Crippen molar-refractivity contribution in [2.24, 2.45) is 5.92 Å². The molecule has 1 heterocycles. The maximum atomic E-state index is 9.39. The van der Waals surface area contributed by atoms with E-state index >= 15 is 0 Å². The van der Waals surface area contributed by atoms with Gasteiger partial charge in [0.25, 0.3) is 0 Å². The largest absolute Gasteiger partial charge is 0.395 e. The summed E-state index contributed by atoms with van der Waals surface area (Å²) >= 11 is 0. The summed E-state index contributed by atoms with van der Waals surface area (Å²) in [6.45, 7) is 10.3. The molecular formula is C12H26N2O. The highest BCUT2D eigenvalue weighted by Gasteiger charge is 2.29. The lowest BCUT2D eigenvalue weighted by Crippen LogP contribution is -2.58. The number of likely N-dealkylation sites (N-methyl/N-ethyl adjacent to an activating group) is 1. The van der Waals surface area contributed by atoms with E-state index in [0.717, 1.165) is 25.6 Å². The molecule has 0 bridgehead atoms. The van der Waals surface area contributed by atoms with Crippen molar-refractivity contribution in [3.63, 3.8) is 0 Å². The molecule has 0 spiro atoms. The normalized spacial score (nSPS) is 30.0. The van der Waals surface area contributed by atoms with Gasteiger partial charge in [-0.3, -0.25) is 4.90 Å². The van der Waals surface area contributed by atoms with Gasteiger partial charge in [0.05, 0.1) is 6.61 Å². The topological polar surface area (TPSA) is 26.7 Å². The lowest BCUT2D eigenvalue weighted by molar-refractivity contribution is 0.0117. The van der Waals surface area contributed by atoms with Gasteiger partial charge in [0, 0.05) is 25.2 Å². The van der Waals surface area contributed by atoms with Crippen LogP contribution in [0.4, 0.5) is 0 Å². The average Bonchev–Trinajstić information content (AvgIpc) is 2.14. The van der Waals surface area contributed by atoms with Crippen LogP contribution in [0.2, 0.25) is 0 Å². The summed E-state index contributed by atoms with van der Waals surface area (Å²) in [4.78, 5) is 4.79. The Morgan fingerprint density at radius 3 is 2.53 bits per heavy atom. The fourth-order valence-corrected chi connectivity index (χ4v) is 2.43. The molecule has 0 saturated carbocycles. The third kappa shape index (κ3) is 3.74. The van der Waals surface area contributed by atoms with Gasteiger partial charge in [-0.25, -0.2) is 0 Å². The highest BCUT2D eigenvalue weighted by Crippen LogP contribution is 2.16. The van der Waals surface area contributed by atoms with Crippen molar-refractivity contribution < 1.29 is 5.11 Å². The van der Waals surface area contributed by atoms with Crippen molar-refractivity contribution in [1.82, 2.24) is 9.80 Å². The van der Waals surface area contributed by atoms with Crippen molar-refractivity contribution >= 4 is 0 Å². The van der Waals surface area contributed by atoms with E-state index < -0.39 is 0 Å². The van der Waals surface area contributed by atoms with Gasteiger partial charge < -0.3 is 10.0 Å². The smallest absolute Gasteiger partial charge is 0.0599 e.